The van der Waals surface area contributed by atoms with E-state index in [1.165, 1.54) is 0 Å². The Labute approximate surface area is 50.6 Å². The molecule has 0 aliphatic carbocycles. The molecule has 0 bridgehead atoms. The number of hydrogen-bond donors (Lipinski definition) is 0. The van der Waals surface area contributed by atoms with Gasteiger partial charge in [0.15, 0.2) is 0 Å². The normalized spacial score (nSPS) is 9.50. The quantitative estimate of drug-likeness (QED) is 0.473. The zero-order chi connectivity index (χ0) is 7.21. The molecule has 0 radical (unpaired) electrons. The Morgan fingerprint density at radius 1 is 1.12 bits per heavy atom. The first-order chi connectivity index (χ1) is 3.41. The predicted molar refractivity (Wildman–Crippen MR) is 33.7 cm³/mol. The fourth-order valence-corrected chi connectivity index (χ4v) is 0. The van der Waals surface area contributed by atoms with Gasteiger partial charge < -0.3 is 4.74 Å². The molecule has 0 aliphatic rings. The van der Waals surface area contributed by atoms with Crippen LogP contribution in [0.2, 0.25) is 0 Å². The van der Waals surface area contributed by atoms with Crippen LogP contribution in [0.1, 0.15) is 0 Å². The van der Waals surface area contributed by atoms with Crippen LogP contribution in [0.25, 0.3) is 0 Å². The lowest BCUT2D eigenvalue weighted by atomic mass is 11.6. The number of sulfone groups is 1. The maximum atomic E-state index is 9.63. The van der Waals surface area contributed by atoms with Crippen molar-refractivity contribution in [2.45, 2.75) is 0 Å². The summed E-state index contributed by atoms with van der Waals surface area (Å²) in [6.07, 6.45) is 2.32. The van der Waals surface area contributed by atoms with E-state index in [-0.39, 0.29) is 0 Å². The van der Waals surface area contributed by atoms with Crippen LogP contribution in [-0.2, 0) is 14.6 Å². The predicted octanol–water partition coefficient (Wildman–Crippen LogP) is -0.0766. The molecular weight excluding hydrogens is 128 g/mol. The molecule has 0 spiro atoms. The van der Waals surface area contributed by atoms with Crippen molar-refractivity contribution in [1.29, 1.82) is 0 Å². The zero-order valence-electron chi connectivity index (χ0n) is 5.63. The van der Waals surface area contributed by atoms with Crippen LogP contribution in [0.15, 0.2) is 0 Å². The van der Waals surface area contributed by atoms with Gasteiger partial charge in [0.1, 0.15) is 9.84 Å². The average Bonchev–Trinajstić information content (AvgIpc) is 1.27. The van der Waals surface area contributed by atoms with Crippen molar-refractivity contribution < 1.29 is 13.2 Å². The molecule has 0 rings (SSSR count). The molecule has 0 heterocycles. The van der Waals surface area contributed by atoms with Gasteiger partial charge in [-0.3, -0.25) is 0 Å². The van der Waals surface area contributed by atoms with Crippen molar-refractivity contribution in [3.8, 4) is 0 Å². The van der Waals surface area contributed by atoms with Gasteiger partial charge in [0.2, 0.25) is 0 Å². The fraction of sp³-hybridized carbons (Fsp3) is 1.00. The highest BCUT2D eigenvalue weighted by molar-refractivity contribution is 7.89. The monoisotopic (exact) mass is 140 g/mol. The van der Waals surface area contributed by atoms with Crippen LogP contribution in [0.5, 0.6) is 0 Å². The highest BCUT2D eigenvalue weighted by Crippen LogP contribution is 1.61. The third-order valence-electron chi connectivity index (χ3n) is 0. The second-order valence-electron chi connectivity index (χ2n) is 1.55. The molecule has 0 atom stereocenters. The largest absolute Gasteiger partial charge is 0.388 e. The number of hydrogen-bond acceptors (Lipinski definition) is 3. The Hall–Kier alpha value is -0.0900. The number of ether oxygens (including phenoxy) is 1. The van der Waals surface area contributed by atoms with Gasteiger partial charge >= 0.3 is 0 Å². The molecule has 0 aliphatic heterocycles. The van der Waals surface area contributed by atoms with Gasteiger partial charge in [-0.25, -0.2) is 8.42 Å². The van der Waals surface area contributed by atoms with Gasteiger partial charge in [-0.2, -0.15) is 0 Å². The summed E-state index contributed by atoms with van der Waals surface area (Å²) in [5, 5.41) is 0. The van der Waals surface area contributed by atoms with E-state index in [4.69, 9.17) is 0 Å². The zero-order valence-corrected chi connectivity index (χ0v) is 6.45. The van der Waals surface area contributed by atoms with Crippen molar-refractivity contribution in [2.24, 2.45) is 0 Å². The molecule has 0 aromatic carbocycles. The highest BCUT2D eigenvalue weighted by Gasteiger charge is 1.79. The summed E-state index contributed by atoms with van der Waals surface area (Å²) < 4.78 is 23.5. The van der Waals surface area contributed by atoms with Crippen molar-refractivity contribution in [1.82, 2.24) is 0 Å². The summed E-state index contributed by atoms with van der Waals surface area (Å²) in [5.41, 5.74) is 0. The van der Waals surface area contributed by atoms with Crippen LogP contribution >= 0.6 is 0 Å². The van der Waals surface area contributed by atoms with E-state index in [0.29, 0.717) is 0 Å². The summed E-state index contributed by atoms with van der Waals surface area (Å²) in [5.74, 6) is 0. The minimum absolute atomic E-state index is 1.16. The SMILES string of the molecule is COC.CS(C)(=O)=O. The molecular formula is C4H12O3S. The van der Waals surface area contributed by atoms with E-state index in [1.807, 2.05) is 0 Å². The maximum Gasteiger partial charge on any atom is 0.144 e. The summed E-state index contributed by atoms with van der Waals surface area (Å²) in [6, 6.07) is 0. The lowest BCUT2D eigenvalue weighted by Crippen LogP contribution is -1.86. The van der Waals surface area contributed by atoms with Crippen molar-refractivity contribution in [3.05, 3.63) is 0 Å². The minimum Gasteiger partial charge on any atom is -0.388 e. The number of methoxy groups -OCH3 is 1. The minimum atomic E-state index is -2.67. The maximum absolute atomic E-state index is 9.63. The topological polar surface area (TPSA) is 43.4 Å². The summed E-state index contributed by atoms with van der Waals surface area (Å²) >= 11 is 0. The van der Waals surface area contributed by atoms with Crippen LogP contribution in [0.4, 0.5) is 0 Å². The van der Waals surface area contributed by atoms with Crippen molar-refractivity contribution in [3.63, 3.8) is 0 Å². The van der Waals surface area contributed by atoms with Crippen molar-refractivity contribution >= 4 is 9.84 Å². The van der Waals surface area contributed by atoms with E-state index < -0.39 is 9.84 Å². The van der Waals surface area contributed by atoms with Gasteiger partial charge in [-0.15, -0.1) is 0 Å². The Bertz CT molecular complexity index is 105. The van der Waals surface area contributed by atoms with Gasteiger partial charge in [0.25, 0.3) is 0 Å². The Kier molecular flexibility index (Phi) is 6.83. The summed E-state index contributed by atoms with van der Waals surface area (Å²) in [4.78, 5) is 0. The molecule has 0 aromatic rings. The summed E-state index contributed by atoms with van der Waals surface area (Å²) in [6.45, 7) is 0. The van der Waals surface area contributed by atoms with E-state index in [1.54, 1.807) is 14.2 Å². The lowest BCUT2D eigenvalue weighted by Gasteiger charge is -1.69. The Morgan fingerprint density at radius 2 is 1.12 bits per heavy atom. The number of rotatable bonds is 0. The molecule has 0 saturated carbocycles. The van der Waals surface area contributed by atoms with Gasteiger partial charge in [-0.1, -0.05) is 0 Å². The fourth-order valence-electron chi connectivity index (χ4n) is 0. The molecule has 8 heavy (non-hydrogen) atoms. The first kappa shape index (κ1) is 10.8. The molecule has 0 fully saturated rings. The first-order valence-corrected chi connectivity index (χ1v) is 4.27. The molecule has 52 valence electrons. The van der Waals surface area contributed by atoms with Crippen LogP contribution < -0.4 is 0 Å². The van der Waals surface area contributed by atoms with Crippen LogP contribution in [0.3, 0.4) is 0 Å². The van der Waals surface area contributed by atoms with E-state index in [2.05, 4.69) is 4.74 Å². The second-order valence-corrected chi connectivity index (χ2v) is 3.84. The van der Waals surface area contributed by atoms with Gasteiger partial charge in [0.05, 0.1) is 0 Å². The standard InChI is InChI=1S/C2H6O2S.C2H6O/c1-5(2,3)4;1-3-2/h1-2H3;1-2H3. The molecule has 0 N–H and O–H groups in total. The van der Waals surface area contributed by atoms with E-state index in [0.717, 1.165) is 12.5 Å². The second kappa shape index (κ2) is 5.05. The molecule has 4 heteroatoms. The third kappa shape index (κ3) is 17600. The lowest BCUT2D eigenvalue weighted by molar-refractivity contribution is 0.277. The molecule has 0 saturated heterocycles. The molecule has 0 aromatic heterocycles. The average molecular weight is 140 g/mol. The molecule has 0 amide bonds. The summed E-state index contributed by atoms with van der Waals surface area (Å²) in [7, 11) is 0.583. The first-order valence-electron chi connectivity index (χ1n) is 1.97. The van der Waals surface area contributed by atoms with Crippen molar-refractivity contribution in [2.75, 3.05) is 26.7 Å². The Balaban J connectivity index is 0. The molecule has 0 unspecified atom stereocenters. The van der Waals surface area contributed by atoms with Crippen LogP contribution in [0, 0.1) is 0 Å². The smallest absolute Gasteiger partial charge is 0.144 e. The Morgan fingerprint density at radius 3 is 1.12 bits per heavy atom. The van der Waals surface area contributed by atoms with E-state index >= 15 is 0 Å². The van der Waals surface area contributed by atoms with E-state index in [9.17, 15) is 8.42 Å². The van der Waals surface area contributed by atoms with Crippen LogP contribution in [-0.4, -0.2) is 35.1 Å². The highest BCUT2D eigenvalue weighted by atomic mass is 32.2. The third-order valence-corrected chi connectivity index (χ3v) is 0. The van der Waals surface area contributed by atoms with Gasteiger partial charge in [-0.05, 0) is 0 Å². The molecule has 3 nitrogen and oxygen atoms in total. The van der Waals surface area contributed by atoms with Gasteiger partial charge in [0, 0.05) is 26.7 Å².